The van der Waals surface area contributed by atoms with Crippen LogP contribution >= 0.6 is 23.2 Å². The number of aliphatic hydroxyl groups is 1. The van der Waals surface area contributed by atoms with Gasteiger partial charge in [0.15, 0.2) is 0 Å². The van der Waals surface area contributed by atoms with Gasteiger partial charge in [-0.2, -0.15) is 13.9 Å². The summed E-state index contributed by atoms with van der Waals surface area (Å²) in [6.07, 6.45) is 4.19. The summed E-state index contributed by atoms with van der Waals surface area (Å²) in [5.41, 5.74) is 1.58. The third-order valence-corrected chi connectivity index (χ3v) is 5.59. The van der Waals surface area contributed by atoms with E-state index in [1.807, 2.05) is 12.1 Å². The summed E-state index contributed by atoms with van der Waals surface area (Å²) >= 11 is 13.1. The molecule has 4 aromatic rings. The Labute approximate surface area is 190 Å². The molecule has 3 aromatic heterocycles. The maximum Gasteiger partial charge on any atom is 0.312 e. The van der Waals surface area contributed by atoms with Crippen LogP contribution < -0.4 is 10.6 Å². The number of nitrogens with zero attached hydrogens (tertiary/aromatic N) is 5. The Morgan fingerprint density at radius 1 is 1.09 bits per heavy atom. The van der Waals surface area contributed by atoms with Crippen molar-refractivity contribution < 1.29 is 13.9 Å². The van der Waals surface area contributed by atoms with Crippen LogP contribution in [0, 0.1) is 0 Å². The van der Waals surface area contributed by atoms with Gasteiger partial charge in [0.05, 0.1) is 21.8 Å². The highest BCUT2D eigenvalue weighted by atomic mass is 35.5. The highest BCUT2D eigenvalue weighted by molar-refractivity contribution is 6.38. The van der Waals surface area contributed by atoms with E-state index in [4.69, 9.17) is 28.3 Å². The van der Waals surface area contributed by atoms with E-state index < -0.39 is 18.2 Å². The first-order valence-electron chi connectivity index (χ1n) is 9.50. The zero-order valence-electron chi connectivity index (χ0n) is 16.2. The fourth-order valence-corrected chi connectivity index (χ4v) is 3.95. The molecule has 4 heterocycles. The molecule has 0 bridgehead atoms. The zero-order chi connectivity index (χ0) is 22.5. The van der Waals surface area contributed by atoms with Crippen LogP contribution in [0.25, 0.3) is 16.6 Å². The lowest BCUT2D eigenvalue weighted by Gasteiger charge is -2.13. The molecule has 12 heteroatoms. The lowest BCUT2D eigenvalue weighted by atomic mass is 10.1. The number of hydrogen-bond acceptors (Lipinski definition) is 7. The van der Waals surface area contributed by atoms with E-state index in [1.54, 1.807) is 23.1 Å². The average molecular weight is 478 g/mol. The average Bonchev–Trinajstić information content (AvgIpc) is 3.55. The molecule has 32 heavy (non-hydrogen) atoms. The molecule has 8 nitrogen and oxygen atoms in total. The standard InChI is InChI=1S/C20H15Cl2F2N7O/c21-12-1-10(14-7-25-14)2-13(22)19(12)31-15-3-17(26-5-11(15)6-29-31)30-18-4-16(27-9-28-18)20(23,24)8-32/h1-6,9,14,25,32H,7-8H2,(H,26,27,28,30). The number of pyridine rings is 1. The fraction of sp³-hybridized carbons (Fsp3) is 0.200. The predicted molar refractivity (Wildman–Crippen MR) is 116 cm³/mol. The summed E-state index contributed by atoms with van der Waals surface area (Å²) in [7, 11) is 0. The third kappa shape index (κ3) is 3.86. The number of aromatic nitrogens is 5. The van der Waals surface area contributed by atoms with E-state index in [2.05, 4.69) is 30.7 Å². The number of fused-ring (bicyclic) bond motifs is 1. The van der Waals surface area contributed by atoms with E-state index in [9.17, 15) is 8.78 Å². The lowest BCUT2D eigenvalue weighted by Crippen LogP contribution is -2.20. The molecule has 164 valence electrons. The van der Waals surface area contributed by atoms with Gasteiger partial charge in [-0.05, 0) is 17.7 Å². The van der Waals surface area contributed by atoms with Gasteiger partial charge in [0.25, 0.3) is 0 Å². The maximum absolute atomic E-state index is 13.7. The molecule has 1 fully saturated rings. The second kappa shape index (κ2) is 7.89. The number of anilines is 2. The normalized spacial score (nSPS) is 15.8. The maximum atomic E-state index is 13.7. The van der Waals surface area contributed by atoms with Gasteiger partial charge in [0.2, 0.25) is 0 Å². The quantitative estimate of drug-likeness (QED) is 0.360. The number of aliphatic hydroxyl groups excluding tert-OH is 1. The van der Waals surface area contributed by atoms with Gasteiger partial charge in [0, 0.05) is 36.3 Å². The molecule has 5 rings (SSSR count). The minimum atomic E-state index is -3.48. The summed E-state index contributed by atoms with van der Waals surface area (Å²) < 4.78 is 29.1. The molecule has 0 spiro atoms. The lowest BCUT2D eigenvalue weighted by molar-refractivity contribution is -0.0592. The first kappa shape index (κ1) is 21.0. The number of halogens is 4. The second-order valence-corrected chi connectivity index (χ2v) is 8.07. The molecular formula is C20H15Cl2F2N7O. The fourth-order valence-electron chi connectivity index (χ4n) is 3.29. The largest absolute Gasteiger partial charge is 0.390 e. The summed E-state index contributed by atoms with van der Waals surface area (Å²) in [5, 5.41) is 21.0. The van der Waals surface area contributed by atoms with Crippen LogP contribution in [0.3, 0.4) is 0 Å². The summed E-state index contributed by atoms with van der Waals surface area (Å²) in [6, 6.07) is 6.69. The van der Waals surface area contributed by atoms with Crippen molar-refractivity contribution >= 4 is 45.7 Å². The highest BCUT2D eigenvalue weighted by Gasteiger charge is 2.32. The van der Waals surface area contributed by atoms with Crippen molar-refractivity contribution in [2.24, 2.45) is 0 Å². The molecule has 1 aliphatic rings. The molecule has 1 aliphatic heterocycles. The first-order chi connectivity index (χ1) is 15.4. The number of rotatable bonds is 6. The molecule has 0 aliphatic carbocycles. The Bertz CT molecular complexity index is 1300. The number of hydrogen-bond donors (Lipinski definition) is 3. The summed E-state index contributed by atoms with van der Waals surface area (Å²) in [4.78, 5) is 11.8. The molecule has 3 N–H and O–H groups in total. The van der Waals surface area contributed by atoms with Gasteiger partial charge >= 0.3 is 5.92 Å². The second-order valence-electron chi connectivity index (χ2n) is 7.25. The minimum absolute atomic E-state index is 0.0957. The van der Waals surface area contributed by atoms with Gasteiger partial charge in [-0.15, -0.1) is 0 Å². The minimum Gasteiger partial charge on any atom is -0.390 e. The molecule has 0 radical (unpaired) electrons. The van der Waals surface area contributed by atoms with Gasteiger partial charge < -0.3 is 15.7 Å². The van der Waals surface area contributed by atoms with Crippen molar-refractivity contribution in [2.75, 3.05) is 18.5 Å². The summed E-state index contributed by atoms with van der Waals surface area (Å²) in [6.45, 7) is -0.476. The van der Waals surface area contributed by atoms with E-state index in [0.29, 0.717) is 27.1 Å². The van der Waals surface area contributed by atoms with Crippen molar-refractivity contribution in [3.8, 4) is 5.69 Å². The van der Waals surface area contributed by atoms with Gasteiger partial charge in [-0.3, -0.25) is 0 Å². The van der Waals surface area contributed by atoms with Gasteiger partial charge in [-0.1, -0.05) is 23.2 Å². The molecule has 0 saturated carbocycles. The highest BCUT2D eigenvalue weighted by Crippen LogP contribution is 2.36. The zero-order valence-corrected chi connectivity index (χ0v) is 17.7. The molecule has 1 atom stereocenters. The first-order valence-corrected chi connectivity index (χ1v) is 10.3. The van der Waals surface area contributed by atoms with Crippen LogP contribution in [0.15, 0.2) is 43.0 Å². The van der Waals surface area contributed by atoms with Crippen molar-refractivity contribution in [3.63, 3.8) is 0 Å². The van der Waals surface area contributed by atoms with Crippen LogP contribution in [0.2, 0.25) is 10.0 Å². The van der Waals surface area contributed by atoms with Crippen molar-refractivity contribution in [1.82, 2.24) is 30.0 Å². The van der Waals surface area contributed by atoms with Crippen LogP contribution in [0.4, 0.5) is 20.4 Å². The Morgan fingerprint density at radius 3 is 2.50 bits per heavy atom. The van der Waals surface area contributed by atoms with Crippen LogP contribution in [0.5, 0.6) is 0 Å². The monoisotopic (exact) mass is 477 g/mol. The van der Waals surface area contributed by atoms with Crippen molar-refractivity contribution in [3.05, 3.63) is 64.3 Å². The van der Waals surface area contributed by atoms with Crippen LogP contribution in [-0.4, -0.2) is 43.0 Å². The molecule has 1 saturated heterocycles. The number of benzene rings is 1. The topological polar surface area (TPSA) is 111 Å². The third-order valence-electron chi connectivity index (χ3n) is 5.01. The molecule has 1 aromatic carbocycles. The SMILES string of the molecule is OCC(F)(F)c1cc(Nc2cc3c(cn2)cnn3-c2c(Cl)cc(C3CN3)cc2Cl)ncn1. The van der Waals surface area contributed by atoms with E-state index in [0.717, 1.165) is 29.9 Å². The summed E-state index contributed by atoms with van der Waals surface area (Å²) in [5.74, 6) is -3.05. The van der Waals surface area contributed by atoms with Gasteiger partial charge in [-0.25, -0.2) is 19.6 Å². The Hall–Kier alpha value is -2.92. The molecular weight excluding hydrogens is 463 g/mol. The van der Waals surface area contributed by atoms with Crippen molar-refractivity contribution in [1.29, 1.82) is 0 Å². The number of nitrogens with one attached hydrogen (secondary N) is 2. The van der Waals surface area contributed by atoms with E-state index >= 15 is 0 Å². The number of alkyl halides is 2. The van der Waals surface area contributed by atoms with E-state index in [-0.39, 0.29) is 11.9 Å². The Morgan fingerprint density at radius 2 is 1.81 bits per heavy atom. The van der Waals surface area contributed by atoms with Crippen LogP contribution in [-0.2, 0) is 5.92 Å². The van der Waals surface area contributed by atoms with Gasteiger partial charge in [0.1, 0.15) is 36.0 Å². The predicted octanol–water partition coefficient (Wildman–Crippen LogP) is 3.99. The molecule has 1 unspecified atom stereocenters. The Balaban J connectivity index is 1.51. The van der Waals surface area contributed by atoms with Crippen molar-refractivity contribution in [2.45, 2.75) is 12.0 Å². The molecule has 0 amide bonds. The van der Waals surface area contributed by atoms with E-state index in [1.165, 1.54) is 0 Å². The smallest absolute Gasteiger partial charge is 0.312 e. The Kier molecular flexibility index (Phi) is 5.17. The van der Waals surface area contributed by atoms with Crippen LogP contribution in [0.1, 0.15) is 17.3 Å².